The Hall–Kier alpha value is -4.74. The topological polar surface area (TPSA) is 211 Å². The minimum atomic E-state index is -1.65. The van der Waals surface area contributed by atoms with E-state index in [9.17, 15) is 28.8 Å². The van der Waals surface area contributed by atoms with Gasteiger partial charge in [0, 0.05) is 24.3 Å². The molecular weight excluding hydrogens is 650 g/mol. The Morgan fingerprint density at radius 1 is 0.917 bits per heavy atom. The van der Waals surface area contributed by atoms with Gasteiger partial charge in [0.25, 0.3) is 5.91 Å². The van der Waals surface area contributed by atoms with Crippen LogP contribution in [0.15, 0.2) is 27.7 Å². The first-order valence-electron chi connectivity index (χ1n) is 14.9. The van der Waals surface area contributed by atoms with Crippen LogP contribution in [-0.4, -0.2) is 84.3 Å². The van der Waals surface area contributed by atoms with E-state index < -0.39 is 75.9 Å². The van der Waals surface area contributed by atoms with Gasteiger partial charge in [-0.15, -0.1) is 11.3 Å². The Balaban J connectivity index is 1.84. The van der Waals surface area contributed by atoms with Crippen LogP contribution in [-0.2, 0) is 40.0 Å². The summed E-state index contributed by atoms with van der Waals surface area (Å²) in [5.41, 5.74) is -5.27. The maximum atomic E-state index is 13.6. The Bertz CT molecular complexity index is 1650. The lowest BCUT2D eigenvalue weighted by Gasteiger charge is -2.37. The number of imidazole rings is 1. The molecule has 0 spiro atoms. The predicted molar refractivity (Wildman–Crippen MR) is 174 cm³/mol. The summed E-state index contributed by atoms with van der Waals surface area (Å²) in [7, 11) is 0. The number of esters is 1. The number of nitrogens with one attached hydrogen (secondary N) is 3. The van der Waals surface area contributed by atoms with Crippen LogP contribution in [0.2, 0.25) is 0 Å². The molecule has 0 unspecified atom stereocenters. The van der Waals surface area contributed by atoms with Crippen molar-refractivity contribution in [3.63, 3.8) is 0 Å². The molecule has 3 N–H and O–H groups in total. The Labute approximate surface area is 281 Å². The molecule has 18 heteroatoms. The smallest absolute Gasteiger partial charge is 0.422 e. The highest BCUT2D eigenvalue weighted by Gasteiger charge is 2.42. The van der Waals surface area contributed by atoms with Gasteiger partial charge in [0.1, 0.15) is 28.5 Å². The predicted octanol–water partition coefficient (Wildman–Crippen LogP) is 2.76. The van der Waals surface area contributed by atoms with Crippen LogP contribution in [0.4, 0.5) is 14.7 Å². The average Bonchev–Trinajstić information content (AvgIpc) is 3.50. The Kier molecular flexibility index (Phi) is 10.8. The van der Waals surface area contributed by atoms with Crippen LogP contribution in [0.5, 0.6) is 0 Å². The van der Waals surface area contributed by atoms with Crippen molar-refractivity contribution in [1.29, 1.82) is 0 Å². The van der Waals surface area contributed by atoms with Crippen molar-refractivity contribution < 1.29 is 43.0 Å². The van der Waals surface area contributed by atoms with Gasteiger partial charge in [-0.3, -0.25) is 19.5 Å². The minimum Gasteiger partial charge on any atom is -0.457 e. The molecule has 1 saturated heterocycles. The van der Waals surface area contributed by atoms with Gasteiger partial charge in [0.15, 0.2) is 10.8 Å². The van der Waals surface area contributed by atoms with Crippen LogP contribution >= 0.6 is 11.3 Å². The Morgan fingerprint density at radius 2 is 1.52 bits per heavy atom. The molecule has 264 valence electrons. The average molecular weight is 694 g/mol. The van der Waals surface area contributed by atoms with Crippen LogP contribution in [0, 0.1) is 0 Å². The summed E-state index contributed by atoms with van der Waals surface area (Å²) < 4.78 is 17.9. The number of rotatable bonds is 9. The third-order valence-electron chi connectivity index (χ3n) is 5.96. The molecule has 2 atom stereocenters. The second-order valence-electron chi connectivity index (χ2n) is 14.4. The summed E-state index contributed by atoms with van der Waals surface area (Å²) in [4.78, 5) is 86.2. The zero-order valence-corrected chi connectivity index (χ0v) is 29.7. The zero-order chi connectivity index (χ0) is 36.4. The van der Waals surface area contributed by atoms with E-state index in [1.54, 1.807) is 62.3 Å². The third kappa shape index (κ3) is 10.4. The van der Waals surface area contributed by atoms with Crippen molar-refractivity contribution in [3.8, 4) is 0 Å². The largest absolute Gasteiger partial charge is 0.457 e. The zero-order valence-electron chi connectivity index (χ0n) is 28.9. The van der Waals surface area contributed by atoms with Gasteiger partial charge in [0.05, 0.1) is 6.04 Å². The van der Waals surface area contributed by atoms with E-state index in [0.717, 1.165) is 15.9 Å². The molecule has 2 aromatic heterocycles. The van der Waals surface area contributed by atoms with Crippen molar-refractivity contribution >= 4 is 52.2 Å². The summed E-state index contributed by atoms with van der Waals surface area (Å²) in [6, 6.07) is -1.88. The van der Waals surface area contributed by atoms with Crippen molar-refractivity contribution in [1.82, 2.24) is 24.8 Å². The van der Waals surface area contributed by atoms with Gasteiger partial charge in [-0.1, -0.05) is 5.16 Å². The Morgan fingerprint density at radius 3 is 2.08 bits per heavy atom. The van der Waals surface area contributed by atoms with Crippen molar-refractivity contribution in [2.45, 2.75) is 117 Å². The molecule has 3 heterocycles. The highest BCUT2D eigenvalue weighted by atomic mass is 32.1. The van der Waals surface area contributed by atoms with Crippen LogP contribution in [0.1, 0.15) is 81.9 Å². The van der Waals surface area contributed by atoms with Crippen molar-refractivity contribution in [2.75, 3.05) is 5.32 Å². The second-order valence-corrected chi connectivity index (χ2v) is 15.2. The van der Waals surface area contributed by atoms with Gasteiger partial charge in [-0.2, -0.15) is 0 Å². The standard InChI is InChI=1S/C30H43N7O10S/c1-27(2,3)44-22(40)30(10,11)47-35-19(17-15-48-23(32-17)34-24(41)45-28(4,5)6)21(39)33-18-16(31-20(18)38)14-36-12-13-37(25(36)42)26(43)46-29(7,8)9/h12-13,15-16,18H,14H2,1-11H3,(H,31,38)(H,33,39)(H,32,34,41)/b35-19+/t16-,18+/m1/s1. The molecule has 0 radical (unpaired) electrons. The summed E-state index contributed by atoms with van der Waals surface area (Å²) in [6.45, 7) is 17.8. The quantitative estimate of drug-likeness (QED) is 0.114. The van der Waals surface area contributed by atoms with Gasteiger partial charge >= 0.3 is 23.8 Å². The number of oxime groups is 1. The molecule has 1 aliphatic rings. The molecule has 3 amide bonds. The number of carbonyl (C=O) groups excluding carboxylic acids is 5. The molecule has 0 saturated carbocycles. The fourth-order valence-corrected chi connectivity index (χ4v) is 4.50. The first-order chi connectivity index (χ1) is 21.8. The van der Waals surface area contributed by atoms with E-state index in [4.69, 9.17) is 19.0 Å². The lowest BCUT2D eigenvalue weighted by molar-refractivity contribution is -0.179. The summed E-state index contributed by atoms with van der Waals surface area (Å²) in [5, 5.41) is 13.1. The first kappa shape index (κ1) is 37.7. The number of nitrogens with zero attached hydrogens (tertiary/aromatic N) is 4. The number of aromatic nitrogens is 3. The first-order valence-corrected chi connectivity index (χ1v) is 15.8. The van der Waals surface area contributed by atoms with Gasteiger partial charge in [-0.25, -0.2) is 28.7 Å². The minimum absolute atomic E-state index is 0.0505. The maximum absolute atomic E-state index is 13.6. The third-order valence-corrected chi connectivity index (χ3v) is 6.71. The molecule has 0 aliphatic carbocycles. The second kappa shape index (κ2) is 13.8. The molecular formula is C30H43N7O10S. The number of carbonyl (C=O) groups is 5. The lowest BCUT2D eigenvalue weighted by atomic mass is 9.98. The molecule has 3 rings (SSSR count). The maximum Gasteiger partial charge on any atom is 0.422 e. The van der Waals surface area contributed by atoms with Gasteiger partial charge in [0.2, 0.25) is 11.5 Å². The number of β-lactam (4-membered cyclic amide) rings is 1. The highest BCUT2D eigenvalue weighted by molar-refractivity contribution is 7.14. The van der Waals surface area contributed by atoms with E-state index in [1.165, 1.54) is 36.2 Å². The molecule has 17 nitrogen and oxygen atoms in total. The fourth-order valence-electron chi connectivity index (χ4n) is 3.82. The molecule has 0 bridgehead atoms. The molecule has 48 heavy (non-hydrogen) atoms. The van der Waals surface area contributed by atoms with E-state index in [1.807, 2.05) is 0 Å². The van der Waals surface area contributed by atoms with Crippen molar-refractivity contribution in [3.05, 3.63) is 34.0 Å². The normalized spacial score (nSPS) is 17.1. The monoisotopic (exact) mass is 693 g/mol. The summed E-state index contributed by atoms with van der Waals surface area (Å²) in [6.07, 6.45) is 0.944. The molecule has 1 aliphatic heterocycles. The number of ether oxygens (including phenoxy) is 3. The number of thiazole rings is 1. The van der Waals surface area contributed by atoms with E-state index in [-0.39, 0.29) is 17.4 Å². The van der Waals surface area contributed by atoms with Crippen LogP contribution in [0.3, 0.4) is 0 Å². The van der Waals surface area contributed by atoms with E-state index >= 15 is 0 Å². The van der Waals surface area contributed by atoms with Gasteiger partial charge in [-0.05, 0) is 76.2 Å². The molecule has 0 aromatic carbocycles. The highest BCUT2D eigenvalue weighted by Crippen LogP contribution is 2.21. The van der Waals surface area contributed by atoms with E-state index in [2.05, 4.69) is 26.1 Å². The molecule has 1 fully saturated rings. The van der Waals surface area contributed by atoms with Crippen molar-refractivity contribution in [2.24, 2.45) is 5.16 Å². The van der Waals surface area contributed by atoms with Gasteiger partial charge < -0.3 is 29.7 Å². The number of anilines is 1. The SMILES string of the molecule is CC(C)(C)OC(=O)Nc1nc(/C(=N\OC(C)(C)C(=O)OC(C)(C)C)C(=O)N[C@@H]2C(=O)N[C@@H]2Cn2ccn(C(=O)OC(C)(C)C)c2=O)cs1. The summed E-state index contributed by atoms with van der Waals surface area (Å²) >= 11 is 0.960. The molecule has 2 aromatic rings. The number of hydrogen-bond acceptors (Lipinski definition) is 13. The fraction of sp³-hybridized carbons (Fsp3) is 0.600. The summed E-state index contributed by atoms with van der Waals surface area (Å²) in [5.74, 6) is -2.22. The lowest BCUT2D eigenvalue weighted by Crippen LogP contribution is -2.71. The van der Waals surface area contributed by atoms with Crippen LogP contribution in [0.25, 0.3) is 0 Å². The van der Waals surface area contributed by atoms with E-state index in [0.29, 0.717) is 0 Å². The number of hydrogen-bond donors (Lipinski definition) is 3. The number of amides is 3. The van der Waals surface area contributed by atoms with Crippen LogP contribution < -0.4 is 21.6 Å².